The first-order chi connectivity index (χ1) is 14.6. The molecule has 1 rings (SSSR count). The third-order valence-electron chi connectivity index (χ3n) is 4.96. The number of nitrogens with one attached hydrogen (secondary N) is 3. The number of aliphatic hydroxyl groups excluding tert-OH is 1. The highest BCUT2D eigenvalue weighted by atomic mass is 16.4. The van der Waals surface area contributed by atoms with Crippen LogP contribution in [0.5, 0.6) is 0 Å². The van der Waals surface area contributed by atoms with Gasteiger partial charge in [-0.15, -0.1) is 0 Å². The molecule has 0 radical (unpaired) electrons. The number of carboxylic acids is 1. The summed E-state index contributed by atoms with van der Waals surface area (Å²) in [5.74, 6) is -3.43. The lowest BCUT2D eigenvalue weighted by molar-refractivity contribution is -0.141. The molecule has 1 aromatic rings. The molecule has 0 bridgehead atoms. The maximum atomic E-state index is 12.4. The van der Waals surface area contributed by atoms with Crippen molar-refractivity contribution in [3.63, 3.8) is 0 Å². The number of hydrogen-bond acceptors (Lipinski definition) is 6. The van der Waals surface area contributed by atoms with Crippen molar-refractivity contribution < 1.29 is 29.4 Å². The van der Waals surface area contributed by atoms with E-state index in [9.17, 15) is 29.4 Å². The van der Waals surface area contributed by atoms with Gasteiger partial charge in [0, 0.05) is 6.42 Å². The fraction of sp³-hybridized carbons (Fsp3) is 0.524. The molecule has 0 aromatic heterocycles. The van der Waals surface area contributed by atoms with Gasteiger partial charge in [-0.2, -0.15) is 0 Å². The van der Waals surface area contributed by atoms with Crippen molar-refractivity contribution in [1.29, 1.82) is 0 Å². The molecule has 0 aliphatic heterocycles. The molecule has 0 fully saturated rings. The molecular weight excluding hydrogens is 404 g/mol. The van der Waals surface area contributed by atoms with Gasteiger partial charge < -0.3 is 31.9 Å². The van der Waals surface area contributed by atoms with E-state index in [4.69, 9.17) is 5.73 Å². The zero-order chi connectivity index (χ0) is 23.6. The van der Waals surface area contributed by atoms with Crippen LogP contribution in [0.4, 0.5) is 0 Å². The number of carbonyl (C=O) groups excluding carboxylic acids is 3. The van der Waals surface area contributed by atoms with Crippen LogP contribution in [0.3, 0.4) is 0 Å². The highest BCUT2D eigenvalue weighted by Crippen LogP contribution is 2.06. The number of aliphatic carboxylic acids is 1. The first-order valence-electron chi connectivity index (χ1n) is 10.1. The second-order valence-electron chi connectivity index (χ2n) is 7.50. The molecule has 5 atom stereocenters. The van der Waals surface area contributed by atoms with Crippen molar-refractivity contribution in [3.05, 3.63) is 35.9 Å². The highest BCUT2D eigenvalue weighted by Gasteiger charge is 2.29. The van der Waals surface area contributed by atoms with E-state index in [0.29, 0.717) is 6.42 Å². The minimum Gasteiger partial charge on any atom is -0.480 e. The average molecular weight is 437 g/mol. The Morgan fingerprint density at radius 2 is 1.65 bits per heavy atom. The summed E-state index contributed by atoms with van der Waals surface area (Å²) < 4.78 is 0. The lowest BCUT2D eigenvalue weighted by Gasteiger charge is -2.24. The molecule has 1 aromatic carbocycles. The third-order valence-corrected chi connectivity index (χ3v) is 4.96. The van der Waals surface area contributed by atoms with E-state index in [1.54, 1.807) is 37.3 Å². The van der Waals surface area contributed by atoms with Gasteiger partial charge >= 0.3 is 5.97 Å². The summed E-state index contributed by atoms with van der Waals surface area (Å²) in [6, 6.07) is 5.45. The first-order valence-corrected chi connectivity index (χ1v) is 10.1. The zero-order valence-electron chi connectivity index (χ0n) is 18.0. The first kappa shape index (κ1) is 26.1. The Labute approximate surface area is 181 Å². The van der Waals surface area contributed by atoms with Gasteiger partial charge in [-0.1, -0.05) is 50.6 Å². The average Bonchev–Trinajstić information content (AvgIpc) is 2.74. The van der Waals surface area contributed by atoms with Gasteiger partial charge in [-0.05, 0) is 18.4 Å². The van der Waals surface area contributed by atoms with Crippen LogP contribution >= 0.6 is 0 Å². The molecular formula is C21H32N4O6. The Morgan fingerprint density at radius 1 is 1.03 bits per heavy atom. The quantitative estimate of drug-likeness (QED) is 0.248. The lowest BCUT2D eigenvalue weighted by Crippen LogP contribution is -2.58. The Bertz CT molecular complexity index is 755. The van der Waals surface area contributed by atoms with Gasteiger partial charge in [0.15, 0.2) is 0 Å². The van der Waals surface area contributed by atoms with E-state index in [0.717, 1.165) is 5.56 Å². The van der Waals surface area contributed by atoms with Crippen LogP contribution in [0.25, 0.3) is 0 Å². The standard InChI is InChI=1S/C21H32N4O6/c1-4-12(2)17(22)19(28)25-18(13(3)26)20(29)23-11-16(27)24-15(21(30)31)10-14-8-6-5-7-9-14/h5-9,12-13,15,17-18,26H,4,10-11,22H2,1-3H3,(H,23,29)(H,24,27)(H,25,28)(H,30,31). The van der Waals surface area contributed by atoms with E-state index in [1.165, 1.54) is 6.92 Å². The number of carbonyl (C=O) groups is 4. The van der Waals surface area contributed by atoms with Gasteiger partial charge in [-0.25, -0.2) is 4.79 Å². The van der Waals surface area contributed by atoms with Crippen molar-refractivity contribution in [3.8, 4) is 0 Å². The van der Waals surface area contributed by atoms with Crippen LogP contribution in [-0.2, 0) is 25.6 Å². The number of amides is 3. The summed E-state index contributed by atoms with van der Waals surface area (Å²) in [5, 5.41) is 26.2. The van der Waals surface area contributed by atoms with Crippen molar-refractivity contribution in [2.45, 2.75) is 57.8 Å². The summed E-state index contributed by atoms with van der Waals surface area (Å²) in [5.41, 5.74) is 6.57. The Hall–Kier alpha value is -2.98. The van der Waals surface area contributed by atoms with E-state index in [1.807, 2.05) is 6.92 Å². The minimum atomic E-state index is -1.31. The third kappa shape index (κ3) is 8.73. The molecule has 0 saturated carbocycles. The second-order valence-corrected chi connectivity index (χ2v) is 7.50. The summed E-state index contributed by atoms with van der Waals surface area (Å²) in [6.45, 7) is 4.46. The molecule has 7 N–H and O–H groups in total. The maximum absolute atomic E-state index is 12.4. The van der Waals surface area contributed by atoms with Gasteiger partial charge in [0.1, 0.15) is 12.1 Å². The Balaban J connectivity index is 2.64. The molecule has 5 unspecified atom stereocenters. The van der Waals surface area contributed by atoms with Crippen molar-refractivity contribution in [1.82, 2.24) is 16.0 Å². The summed E-state index contributed by atoms with van der Waals surface area (Å²) in [6.07, 6.45) is -0.495. The van der Waals surface area contributed by atoms with Crippen molar-refractivity contribution >= 4 is 23.7 Å². The summed E-state index contributed by atoms with van der Waals surface area (Å²) in [7, 11) is 0. The minimum absolute atomic E-state index is 0.0791. The van der Waals surface area contributed by atoms with Crippen LogP contribution in [0.15, 0.2) is 30.3 Å². The number of aliphatic hydroxyl groups is 1. The van der Waals surface area contributed by atoms with Gasteiger partial charge in [-0.3, -0.25) is 14.4 Å². The van der Waals surface area contributed by atoms with Crippen LogP contribution in [-0.4, -0.2) is 64.7 Å². The van der Waals surface area contributed by atoms with Gasteiger partial charge in [0.2, 0.25) is 17.7 Å². The Morgan fingerprint density at radius 3 is 2.16 bits per heavy atom. The van der Waals surface area contributed by atoms with E-state index in [2.05, 4.69) is 16.0 Å². The van der Waals surface area contributed by atoms with Crippen LogP contribution in [0.2, 0.25) is 0 Å². The highest BCUT2D eigenvalue weighted by molar-refractivity contribution is 5.93. The molecule has 172 valence electrons. The molecule has 3 amide bonds. The lowest BCUT2D eigenvalue weighted by atomic mass is 9.99. The predicted octanol–water partition coefficient (Wildman–Crippen LogP) is -0.846. The molecule has 0 aliphatic carbocycles. The van der Waals surface area contributed by atoms with Crippen LogP contribution in [0.1, 0.15) is 32.8 Å². The fourth-order valence-electron chi connectivity index (χ4n) is 2.74. The second kappa shape index (κ2) is 12.7. The molecule has 10 heteroatoms. The summed E-state index contributed by atoms with van der Waals surface area (Å²) in [4.78, 5) is 48.2. The normalized spacial score (nSPS) is 15.6. The van der Waals surface area contributed by atoms with Gasteiger partial charge in [0.25, 0.3) is 0 Å². The molecule has 10 nitrogen and oxygen atoms in total. The largest absolute Gasteiger partial charge is 0.480 e. The number of carboxylic acid groups (broad SMARTS) is 1. The maximum Gasteiger partial charge on any atom is 0.326 e. The zero-order valence-corrected chi connectivity index (χ0v) is 18.0. The number of hydrogen-bond donors (Lipinski definition) is 6. The molecule has 0 spiro atoms. The smallest absolute Gasteiger partial charge is 0.326 e. The number of nitrogens with two attached hydrogens (primary N) is 1. The van der Waals surface area contributed by atoms with Crippen LogP contribution in [0, 0.1) is 5.92 Å². The number of benzene rings is 1. The van der Waals surface area contributed by atoms with Crippen molar-refractivity contribution in [2.75, 3.05) is 6.54 Å². The monoisotopic (exact) mass is 436 g/mol. The van der Waals surface area contributed by atoms with Crippen LogP contribution < -0.4 is 21.7 Å². The van der Waals surface area contributed by atoms with E-state index >= 15 is 0 Å². The molecule has 0 aliphatic rings. The van der Waals surface area contributed by atoms with E-state index < -0.39 is 54.5 Å². The predicted molar refractivity (Wildman–Crippen MR) is 114 cm³/mol. The Kier molecular flexibility index (Phi) is 10.6. The SMILES string of the molecule is CCC(C)C(N)C(=O)NC(C(=O)NCC(=O)NC(Cc1ccccc1)C(=O)O)C(C)O. The molecule has 0 saturated heterocycles. The fourth-order valence-corrected chi connectivity index (χ4v) is 2.74. The molecule has 31 heavy (non-hydrogen) atoms. The van der Waals surface area contributed by atoms with E-state index in [-0.39, 0.29) is 12.3 Å². The number of rotatable bonds is 12. The summed E-state index contributed by atoms with van der Waals surface area (Å²) >= 11 is 0. The molecule has 0 heterocycles. The van der Waals surface area contributed by atoms with Gasteiger partial charge in [0.05, 0.1) is 18.7 Å². The van der Waals surface area contributed by atoms with Crippen molar-refractivity contribution in [2.24, 2.45) is 11.7 Å². The topological polar surface area (TPSA) is 171 Å².